The van der Waals surface area contributed by atoms with Crippen molar-refractivity contribution in [2.75, 3.05) is 13.2 Å². The fourth-order valence-corrected chi connectivity index (χ4v) is 3.93. The van der Waals surface area contributed by atoms with Crippen LogP contribution in [0.1, 0.15) is 35.8 Å². The van der Waals surface area contributed by atoms with Crippen LogP contribution < -0.4 is 9.47 Å². The molecule has 6 heteroatoms. The third kappa shape index (κ3) is 2.65. The Kier molecular flexibility index (Phi) is 3.90. The van der Waals surface area contributed by atoms with Crippen molar-refractivity contribution >= 4 is 5.91 Å². The standard InChI is InChI=1S/C19H23N3O3/c1-12-18(13(2)21(3)20-12)14-7-6-10-22(14)19(23)17-11-24-15-8-4-5-9-16(15)25-17/h4-5,8-9,14,17H,6-7,10-11H2,1-3H3. The molecule has 0 radical (unpaired) electrons. The summed E-state index contributed by atoms with van der Waals surface area (Å²) in [6, 6.07) is 7.55. The number of ether oxygens (including phenoxy) is 2. The number of benzene rings is 1. The molecule has 6 nitrogen and oxygen atoms in total. The van der Waals surface area contributed by atoms with Crippen LogP contribution in [0.3, 0.4) is 0 Å². The monoisotopic (exact) mass is 341 g/mol. The molecule has 0 spiro atoms. The molecule has 1 saturated heterocycles. The highest BCUT2D eigenvalue weighted by molar-refractivity contribution is 5.82. The number of carbonyl (C=O) groups excluding carboxylic acids is 1. The quantitative estimate of drug-likeness (QED) is 0.842. The Labute approximate surface area is 147 Å². The van der Waals surface area contributed by atoms with Crippen molar-refractivity contribution in [1.82, 2.24) is 14.7 Å². The Morgan fingerprint density at radius 2 is 2.00 bits per heavy atom. The second-order valence-electron chi connectivity index (χ2n) is 6.76. The lowest BCUT2D eigenvalue weighted by molar-refractivity contribution is -0.142. The third-order valence-corrected chi connectivity index (χ3v) is 5.22. The van der Waals surface area contributed by atoms with Gasteiger partial charge in [0.05, 0.1) is 11.7 Å². The van der Waals surface area contributed by atoms with Gasteiger partial charge in [-0.25, -0.2) is 0 Å². The molecule has 1 amide bonds. The largest absolute Gasteiger partial charge is 0.485 e. The molecule has 2 aliphatic heterocycles. The van der Waals surface area contributed by atoms with E-state index in [9.17, 15) is 4.79 Å². The van der Waals surface area contributed by atoms with Crippen LogP contribution in [-0.2, 0) is 11.8 Å². The van der Waals surface area contributed by atoms with Crippen molar-refractivity contribution in [2.24, 2.45) is 7.05 Å². The Bertz CT molecular complexity index is 814. The van der Waals surface area contributed by atoms with Gasteiger partial charge in [0, 0.05) is 24.8 Å². The molecule has 2 aromatic rings. The van der Waals surface area contributed by atoms with Crippen LogP contribution in [0.4, 0.5) is 0 Å². The van der Waals surface area contributed by atoms with Gasteiger partial charge in [-0.05, 0) is 38.8 Å². The van der Waals surface area contributed by atoms with Crippen LogP contribution in [0.5, 0.6) is 11.5 Å². The SMILES string of the molecule is Cc1nn(C)c(C)c1C1CCCN1C(=O)C1COc2ccccc2O1. The Balaban J connectivity index is 1.58. The van der Waals surface area contributed by atoms with Gasteiger partial charge in [-0.2, -0.15) is 5.10 Å². The summed E-state index contributed by atoms with van der Waals surface area (Å²) in [5, 5.41) is 4.51. The summed E-state index contributed by atoms with van der Waals surface area (Å²) in [4.78, 5) is 15.1. The first-order valence-electron chi connectivity index (χ1n) is 8.75. The third-order valence-electron chi connectivity index (χ3n) is 5.22. The summed E-state index contributed by atoms with van der Waals surface area (Å²) in [5.41, 5.74) is 3.29. The number of hydrogen-bond donors (Lipinski definition) is 0. The summed E-state index contributed by atoms with van der Waals surface area (Å²) in [6.07, 6.45) is 1.37. The number of carbonyl (C=O) groups is 1. The zero-order chi connectivity index (χ0) is 17.6. The van der Waals surface area contributed by atoms with Crippen molar-refractivity contribution in [3.63, 3.8) is 0 Å². The lowest BCUT2D eigenvalue weighted by atomic mass is 10.0. The van der Waals surface area contributed by atoms with Gasteiger partial charge in [0.15, 0.2) is 11.5 Å². The predicted molar refractivity (Wildman–Crippen MR) is 92.7 cm³/mol. The van der Waals surface area contributed by atoms with Gasteiger partial charge in [-0.1, -0.05) is 12.1 Å². The van der Waals surface area contributed by atoms with Crippen molar-refractivity contribution in [3.05, 3.63) is 41.2 Å². The van der Waals surface area contributed by atoms with Gasteiger partial charge in [-0.15, -0.1) is 0 Å². The summed E-state index contributed by atoms with van der Waals surface area (Å²) in [6.45, 7) is 5.08. The molecular formula is C19H23N3O3. The first-order chi connectivity index (χ1) is 12.1. The number of para-hydroxylation sites is 2. The van der Waals surface area contributed by atoms with Gasteiger partial charge >= 0.3 is 0 Å². The summed E-state index contributed by atoms with van der Waals surface area (Å²) < 4.78 is 13.5. The first kappa shape index (κ1) is 16.0. The molecule has 4 rings (SSSR count). The molecule has 0 N–H and O–H groups in total. The maximum absolute atomic E-state index is 13.1. The predicted octanol–water partition coefficient (Wildman–Crippen LogP) is 2.54. The second kappa shape index (κ2) is 6.10. The maximum Gasteiger partial charge on any atom is 0.267 e. The van der Waals surface area contributed by atoms with E-state index >= 15 is 0 Å². The van der Waals surface area contributed by atoms with E-state index in [0.717, 1.165) is 30.8 Å². The lowest BCUT2D eigenvalue weighted by Gasteiger charge is -2.32. The first-order valence-corrected chi connectivity index (χ1v) is 8.75. The van der Waals surface area contributed by atoms with Crippen molar-refractivity contribution in [3.8, 4) is 11.5 Å². The van der Waals surface area contributed by atoms with Gasteiger partial charge in [0.2, 0.25) is 6.10 Å². The number of rotatable bonds is 2. The highest BCUT2D eigenvalue weighted by atomic mass is 16.6. The molecule has 25 heavy (non-hydrogen) atoms. The topological polar surface area (TPSA) is 56.6 Å². The van der Waals surface area contributed by atoms with E-state index in [1.807, 2.05) is 47.8 Å². The zero-order valence-corrected chi connectivity index (χ0v) is 14.9. The number of hydrogen-bond acceptors (Lipinski definition) is 4. The van der Waals surface area contributed by atoms with Gasteiger partial charge in [0.25, 0.3) is 5.91 Å². The van der Waals surface area contributed by atoms with E-state index in [-0.39, 0.29) is 18.6 Å². The van der Waals surface area contributed by atoms with Crippen molar-refractivity contribution in [1.29, 1.82) is 0 Å². The molecule has 0 aliphatic carbocycles. The van der Waals surface area contributed by atoms with Gasteiger partial charge < -0.3 is 14.4 Å². The minimum absolute atomic E-state index is 0.000318. The van der Waals surface area contributed by atoms with Crippen LogP contribution in [-0.4, -0.2) is 39.8 Å². The Hall–Kier alpha value is -2.50. The van der Waals surface area contributed by atoms with E-state index < -0.39 is 6.10 Å². The molecule has 1 aromatic carbocycles. The summed E-state index contributed by atoms with van der Waals surface area (Å²) >= 11 is 0. The van der Waals surface area contributed by atoms with E-state index in [1.54, 1.807) is 0 Å². The number of amides is 1. The number of likely N-dealkylation sites (tertiary alicyclic amines) is 1. The minimum Gasteiger partial charge on any atom is -0.485 e. The smallest absolute Gasteiger partial charge is 0.267 e. The van der Waals surface area contributed by atoms with Crippen molar-refractivity contribution in [2.45, 2.75) is 38.8 Å². The molecule has 2 aliphatic rings. The summed E-state index contributed by atoms with van der Waals surface area (Å²) in [5.74, 6) is 1.33. The molecule has 0 bridgehead atoms. The zero-order valence-electron chi connectivity index (χ0n) is 14.9. The molecule has 0 saturated carbocycles. The molecule has 1 fully saturated rings. The van der Waals surface area contributed by atoms with Gasteiger partial charge in [-0.3, -0.25) is 9.48 Å². The normalized spacial score (nSPS) is 22.3. The fourth-order valence-electron chi connectivity index (χ4n) is 3.93. The van der Waals surface area contributed by atoms with Gasteiger partial charge in [0.1, 0.15) is 6.61 Å². The maximum atomic E-state index is 13.1. The Morgan fingerprint density at radius 1 is 1.24 bits per heavy atom. The van der Waals surface area contributed by atoms with Crippen LogP contribution in [0.15, 0.2) is 24.3 Å². The molecule has 132 valence electrons. The number of nitrogens with zero attached hydrogens (tertiary/aromatic N) is 3. The number of aryl methyl sites for hydroxylation is 2. The van der Waals surface area contributed by atoms with E-state index in [0.29, 0.717) is 11.5 Å². The second-order valence-corrected chi connectivity index (χ2v) is 6.76. The average molecular weight is 341 g/mol. The molecule has 3 heterocycles. The highest BCUT2D eigenvalue weighted by Crippen LogP contribution is 2.37. The highest BCUT2D eigenvalue weighted by Gasteiger charge is 2.39. The van der Waals surface area contributed by atoms with Crippen LogP contribution in [0, 0.1) is 13.8 Å². The summed E-state index contributed by atoms with van der Waals surface area (Å²) in [7, 11) is 1.95. The number of aromatic nitrogens is 2. The molecular weight excluding hydrogens is 318 g/mol. The van der Waals surface area contributed by atoms with E-state index in [4.69, 9.17) is 9.47 Å². The molecule has 2 atom stereocenters. The van der Waals surface area contributed by atoms with E-state index in [1.165, 1.54) is 5.56 Å². The Morgan fingerprint density at radius 3 is 2.72 bits per heavy atom. The van der Waals surface area contributed by atoms with Crippen LogP contribution >= 0.6 is 0 Å². The minimum atomic E-state index is -0.590. The van der Waals surface area contributed by atoms with E-state index in [2.05, 4.69) is 12.0 Å². The molecule has 2 unspecified atom stereocenters. The number of fused-ring (bicyclic) bond motifs is 1. The van der Waals surface area contributed by atoms with Crippen LogP contribution in [0.25, 0.3) is 0 Å². The van der Waals surface area contributed by atoms with Crippen LogP contribution in [0.2, 0.25) is 0 Å². The van der Waals surface area contributed by atoms with Crippen molar-refractivity contribution < 1.29 is 14.3 Å². The lowest BCUT2D eigenvalue weighted by Crippen LogP contribution is -2.46. The molecule has 1 aromatic heterocycles. The fraction of sp³-hybridized carbons (Fsp3) is 0.474. The average Bonchev–Trinajstić information content (AvgIpc) is 3.18.